The highest BCUT2D eigenvalue weighted by molar-refractivity contribution is 5.70. The summed E-state index contributed by atoms with van der Waals surface area (Å²) in [5, 5.41) is 9.10. The fourth-order valence-corrected chi connectivity index (χ4v) is 4.93. The smallest absolute Gasteiger partial charge is 0.416 e. The topological polar surface area (TPSA) is 49.8 Å². The summed E-state index contributed by atoms with van der Waals surface area (Å²) in [7, 11) is 0. The second-order valence-electron chi connectivity index (χ2n) is 10.2. The minimum Gasteiger partial charge on any atom is -0.491 e. The summed E-state index contributed by atoms with van der Waals surface area (Å²) in [5.41, 5.74) is 2.85. The predicted molar refractivity (Wildman–Crippen MR) is 154 cm³/mol. The maximum atomic E-state index is 13.5. The molecule has 0 aromatic heterocycles. The third-order valence-corrected chi connectivity index (χ3v) is 6.95. The van der Waals surface area contributed by atoms with Crippen LogP contribution in [0, 0.1) is 0 Å². The van der Waals surface area contributed by atoms with Crippen LogP contribution in [-0.4, -0.2) is 35.2 Å². The molecular weight excluding hydrogens is 527 g/mol. The minimum absolute atomic E-state index is 0.0205. The van der Waals surface area contributed by atoms with Gasteiger partial charge in [0.05, 0.1) is 18.1 Å². The number of hydrogen-bond acceptors (Lipinski definition) is 3. The normalized spacial score (nSPS) is 12.4. The number of carbonyl (C=O) groups is 1. The zero-order valence-electron chi connectivity index (χ0n) is 22.9. The molecule has 0 bridgehead atoms. The predicted octanol–water partition coefficient (Wildman–Crippen LogP) is 7.82. The van der Waals surface area contributed by atoms with E-state index in [4.69, 9.17) is 9.84 Å². The molecule has 0 radical (unpaired) electrons. The van der Waals surface area contributed by atoms with Crippen LogP contribution in [-0.2, 0) is 23.9 Å². The Morgan fingerprint density at radius 2 is 1.44 bits per heavy atom. The first-order chi connectivity index (χ1) is 19.7. The quantitative estimate of drug-likeness (QED) is 0.181. The van der Waals surface area contributed by atoms with Crippen LogP contribution in [0.25, 0.3) is 0 Å². The molecule has 4 nitrogen and oxygen atoms in total. The van der Waals surface area contributed by atoms with Crippen LogP contribution in [0.2, 0.25) is 0 Å². The monoisotopic (exact) mass is 561 g/mol. The van der Waals surface area contributed by atoms with E-state index < -0.39 is 17.7 Å². The van der Waals surface area contributed by atoms with E-state index in [1.165, 1.54) is 12.1 Å². The van der Waals surface area contributed by atoms with Crippen molar-refractivity contribution in [2.24, 2.45) is 0 Å². The van der Waals surface area contributed by atoms with Crippen LogP contribution in [0.5, 0.6) is 5.75 Å². The molecule has 0 fully saturated rings. The molecule has 0 aliphatic carbocycles. The Balaban J connectivity index is 1.55. The van der Waals surface area contributed by atoms with Crippen molar-refractivity contribution < 1.29 is 27.8 Å². The minimum atomic E-state index is -4.41. The highest BCUT2D eigenvalue weighted by Crippen LogP contribution is 2.31. The van der Waals surface area contributed by atoms with E-state index in [2.05, 4.69) is 29.2 Å². The number of aliphatic carboxylic acids is 1. The molecule has 0 saturated heterocycles. The van der Waals surface area contributed by atoms with Crippen LogP contribution in [0.1, 0.15) is 47.1 Å². The van der Waals surface area contributed by atoms with Crippen molar-refractivity contribution in [3.63, 3.8) is 0 Å². The molecular formula is C34H34F3NO3. The van der Waals surface area contributed by atoms with Gasteiger partial charge in [0, 0.05) is 25.6 Å². The van der Waals surface area contributed by atoms with Crippen LogP contribution in [0.3, 0.4) is 0 Å². The lowest BCUT2D eigenvalue weighted by atomic mass is 9.90. The number of rotatable bonds is 13. The molecule has 4 rings (SSSR count). The van der Waals surface area contributed by atoms with Crippen LogP contribution in [0.15, 0.2) is 109 Å². The lowest BCUT2D eigenvalue weighted by Gasteiger charge is -2.30. The van der Waals surface area contributed by atoms with Gasteiger partial charge in [-0.25, -0.2) is 0 Å². The van der Waals surface area contributed by atoms with Gasteiger partial charge in [-0.15, -0.1) is 0 Å². The average Bonchev–Trinajstić information content (AvgIpc) is 2.95. The molecule has 1 N–H and O–H groups in total. The van der Waals surface area contributed by atoms with E-state index in [-0.39, 0.29) is 18.4 Å². The first-order valence-corrected chi connectivity index (χ1v) is 13.6. The summed E-state index contributed by atoms with van der Waals surface area (Å²) in [4.78, 5) is 13.3. The van der Waals surface area contributed by atoms with Crippen molar-refractivity contribution in [1.82, 2.24) is 4.90 Å². The number of benzene rings is 4. The molecule has 0 amide bonds. The standard InChI is InChI=1S/C34H34F3NO3/c1-25(41-31-17-9-10-26(21-31)22-33(39)40)18-19-38(23-27-11-8-16-30(20-27)34(35,36)37)24-32(28-12-4-2-5-13-28)29-14-6-3-7-15-29/h2-17,20-21,25,32H,18-19,22-24H2,1H3,(H,39,40). The van der Waals surface area contributed by atoms with Crippen molar-refractivity contribution in [1.29, 1.82) is 0 Å². The summed E-state index contributed by atoms with van der Waals surface area (Å²) in [6.07, 6.45) is -4.07. The molecule has 214 valence electrons. The second-order valence-corrected chi connectivity index (χ2v) is 10.2. The molecule has 0 aliphatic heterocycles. The van der Waals surface area contributed by atoms with E-state index in [9.17, 15) is 18.0 Å². The number of nitrogens with zero attached hydrogens (tertiary/aromatic N) is 1. The van der Waals surface area contributed by atoms with Crippen LogP contribution >= 0.6 is 0 Å². The average molecular weight is 562 g/mol. The fourth-order valence-electron chi connectivity index (χ4n) is 4.93. The molecule has 4 aromatic rings. The molecule has 1 unspecified atom stereocenters. The summed E-state index contributed by atoms with van der Waals surface area (Å²) in [6.45, 7) is 3.48. The van der Waals surface area contributed by atoms with Gasteiger partial charge in [-0.2, -0.15) is 13.2 Å². The van der Waals surface area contributed by atoms with E-state index in [1.807, 2.05) is 43.3 Å². The SMILES string of the molecule is CC(CCN(Cc1cccc(C(F)(F)F)c1)CC(c1ccccc1)c1ccccc1)Oc1cccc(CC(=O)O)c1. The van der Waals surface area contributed by atoms with E-state index in [0.717, 1.165) is 17.2 Å². The molecule has 4 aromatic carbocycles. The summed E-state index contributed by atoms with van der Waals surface area (Å²) >= 11 is 0. The lowest BCUT2D eigenvalue weighted by molar-refractivity contribution is -0.138. The Labute approximate surface area is 239 Å². The van der Waals surface area contributed by atoms with Crippen LogP contribution < -0.4 is 4.74 Å². The second kappa shape index (κ2) is 14.0. The van der Waals surface area contributed by atoms with Gasteiger partial charge in [0.2, 0.25) is 0 Å². The van der Waals surface area contributed by atoms with Gasteiger partial charge in [-0.3, -0.25) is 9.69 Å². The van der Waals surface area contributed by atoms with Crippen LogP contribution in [0.4, 0.5) is 13.2 Å². The Kier molecular flexibility index (Phi) is 10.2. The van der Waals surface area contributed by atoms with Gasteiger partial charge in [-0.1, -0.05) is 91.0 Å². The zero-order chi connectivity index (χ0) is 29.2. The first kappa shape index (κ1) is 29.9. The molecule has 0 heterocycles. The number of halogens is 3. The number of alkyl halides is 3. The third kappa shape index (κ3) is 9.22. The number of hydrogen-bond donors (Lipinski definition) is 1. The molecule has 41 heavy (non-hydrogen) atoms. The van der Waals surface area contributed by atoms with Crippen molar-refractivity contribution in [2.45, 2.75) is 44.5 Å². The number of ether oxygens (including phenoxy) is 1. The van der Waals surface area contributed by atoms with Gasteiger partial charge >= 0.3 is 12.1 Å². The molecule has 0 saturated carbocycles. The summed E-state index contributed by atoms with van der Waals surface area (Å²) < 4.78 is 46.5. The lowest BCUT2D eigenvalue weighted by Crippen LogP contribution is -2.32. The van der Waals surface area contributed by atoms with Gasteiger partial charge < -0.3 is 9.84 Å². The maximum absolute atomic E-state index is 13.5. The largest absolute Gasteiger partial charge is 0.491 e. The first-order valence-electron chi connectivity index (χ1n) is 13.6. The third-order valence-electron chi connectivity index (χ3n) is 6.95. The fraction of sp³-hybridized carbons (Fsp3) is 0.265. The Morgan fingerprint density at radius 3 is 2.05 bits per heavy atom. The van der Waals surface area contributed by atoms with Crippen molar-refractivity contribution >= 4 is 5.97 Å². The molecule has 7 heteroatoms. The zero-order valence-corrected chi connectivity index (χ0v) is 22.9. The Hall–Kier alpha value is -4.10. The van der Waals surface area contributed by atoms with Crippen molar-refractivity contribution in [3.05, 3.63) is 137 Å². The molecule has 0 aliphatic rings. The van der Waals surface area contributed by atoms with E-state index >= 15 is 0 Å². The van der Waals surface area contributed by atoms with E-state index in [1.54, 1.807) is 30.3 Å². The van der Waals surface area contributed by atoms with Gasteiger partial charge in [0.1, 0.15) is 5.75 Å². The highest BCUT2D eigenvalue weighted by Gasteiger charge is 2.30. The van der Waals surface area contributed by atoms with Gasteiger partial charge in [0.15, 0.2) is 0 Å². The summed E-state index contributed by atoms with van der Waals surface area (Å²) in [6, 6.07) is 32.8. The summed E-state index contributed by atoms with van der Waals surface area (Å²) in [5.74, 6) is -0.300. The van der Waals surface area contributed by atoms with Crippen molar-refractivity contribution in [3.8, 4) is 5.75 Å². The molecule has 1 atom stereocenters. The molecule has 0 spiro atoms. The number of carboxylic acids is 1. The Morgan fingerprint density at radius 1 is 0.829 bits per heavy atom. The van der Waals surface area contributed by atoms with Gasteiger partial charge in [0.25, 0.3) is 0 Å². The Bertz CT molecular complexity index is 1350. The van der Waals surface area contributed by atoms with Crippen molar-refractivity contribution in [2.75, 3.05) is 13.1 Å². The highest BCUT2D eigenvalue weighted by atomic mass is 19.4. The van der Waals surface area contributed by atoms with Gasteiger partial charge in [-0.05, 0) is 53.8 Å². The van der Waals surface area contributed by atoms with E-state index in [0.29, 0.717) is 42.9 Å². The number of carboxylic acid groups (broad SMARTS) is 1. The maximum Gasteiger partial charge on any atom is 0.416 e.